The van der Waals surface area contributed by atoms with Crippen molar-refractivity contribution in [2.45, 2.75) is 17.6 Å². The van der Waals surface area contributed by atoms with Gasteiger partial charge >= 0.3 is 0 Å². The third-order valence-corrected chi connectivity index (χ3v) is 4.66. The third-order valence-electron chi connectivity index (χ3n) is 2.88. The van der Waals surface area contributed by atoms with Gasteiger partial charge in [0.15, 0.2) is 9.84 Å². The van der Waals surface area contributed by atoms with Gasteiger partial charge in [-0.05, 0) is 30.7 Å². The van der Waals surface area contributed by atoms with Crippen molar-refractivity contribution in [1.82, 2.24) is 4.98 Å². The fourth-order valence-electron chi connectivity index (χ4n) is 1.88. The summed E-state index contributed by atoms with van der Waals surface area (Å²) >= 11 is 0. The van der Waals surface area contributed by atoms with E-state index in [0.29, 0.717) is 22.8 Å². The molecule has 0 aliphatic rings. The molecule has 0 spiro atoms. The number of anilines is 1. The van der Waals surface area contributed by atoms with Crippen molar-refractivity contribution in [3.8, 4) is 5.88 Å². The third kappa shape index (κ3) is 3.08. The van der Waals surface area contributed by atoms with E-state index in [1.807, 2.05) is 0 Å². The SMILES string of the molecule is COc1cccc(CS(=O)(=O)c2cc(N)ccc2C)n1. The molecular weight excluding hydrogens is 276 g/mol. The molecule has 0 bridgehead atoms. The van der Waals surface area contributed by atoms with Gasteiger partial charge in [0.25, 0.3) is 0 Å². The Kier molecular flexibility index (Phi) is 3.94. The molecule has 1 heterocycles. The molecule has 106 valence electrons. The Balaban J connectivity index is 2.38. The van der Waals surface area contributed by atoms with Crippen LogP contribution in [0, 0.1) is 6.92 Å². The predicted octanol–water partition coefficient (Wildman–Crippen LogP) is 1.95. The highest BCUT2D eigenvalue weighted by Crippen LogP contribution is 2.22. The van der Waals surface area contributed by atoms with Crippen molar-refractivity contribution in [3.63, 3.8) is 0 Å². The first-order valence-corrected chi connectivity index (χ1v) is 7.66. The Morgan fingerprint density at radius 2 is 2.00 bits per heavy atom. The van der Waals surface area contributed by atoms with Crippen LogP contribution in [0.3, 0.4) is 0 Å². The van der Waals surface area contributed by atoms with E-state index in [4.69, 9.17) is 10.5 Å². The van der Waals surface area contributed by atoms with Crippen LogP contribution in [0.1, 0.15) is 11.3 Å². The molecule has 2 rings (SSSR count). The summed E-state index contributed by atoms with van der Waals surface area (Å²) in [4.78, 5) is 4.36. The quantitative estimate of drug-likeness (QED) is 0.871. The highest BCUT2D eigenvalue weighted by atomic mass is 32.2. The van der Waals surface area contributed by atoms with E-state index in [1.54, 1.807) is 37.3 Å². The molecule has 1 aromatic carbocycles. The maximum absolute atomic E-state index is 12.4. The van der Waals surface area contributed by atoms with Crippen molar-refractivity contribution >= 4 is 15.5 Å². The predicted molar refractivity (Wildman–Crippen MR) is 77.3 cm³/mol. The summed E-state index contributed by atoms with van der Waals surface area (Å²) in [6, 6.07) is 9.89. The molecule has 0 saturated heterocycles. The Bertz CT molecular complexity index is 727. The minimum absolute atomic E-state index is 0.186. The summed E-state index contributed by atoms with van der Waals surface area (Å²) in [6.07, 6.45) is 0. The molecule has 0 radical (unpaired) electrons. The summed E-state index contributed by atoms with van der Waals surface area (Å²) in [5, 5.41) is 0. The fourth-order valence-corrected chi connectivity index (χ4v) is 3.46. The lowest BCUT2D eigenvalue weighted by atomic mass is 10.2. The van der Waals surface area contributed by atoms with Gasteiger partial charge in [-0.2, -0.15) is 0 Å². The molecule has 0 unspecified atom stereocenters. The number of ether oxygens (including phenoxy) is 1. The average molecular weight is 292 g/mol. The van der Waals surface area contributed by atoms with Crippen LogP contribution < -0.4 is 10.5 Å². The van der Waals surface area contributed by atoms with E-state index in [-0.39, 0.29) is 10.6 Å². The molecule has 2 aromatic rings. The molecule has 6 heteroatoms. The lowest BCUT2D eigenvalue weighted by Gasteiger charge is -2.09. The van der Waals surface area contributed by atoms with Crippen LogP contribution in [0.4, 0.5) is 5.69 Å². The first-order chi connectivity index (χ1) is 9.42. The number of aryl methyl sites for hydroxylation is 1. The van der Waals surface area contributed by atoms with Gasteiger partial charge in [0.05, 0.1) is 23.5 Å². The number of nitrogen functional groups attached to an aromatic ring is 1. The lowest BCUT2D eigenvalue weighted by molar-refractivity contribution is 0.396. The molecular formula is C14H16N2O3S. The van der Waals surface area contributed by atoms with E-state index in [0.717, 1.165) is 0 Å². The van der Waals surface area contributed by atoms with Crippen LogP contribution in [0.5, 0.6) is 5.88 Å². The van der Waals surface area contributed by atoms with Gasteiger partial charge in [-0.1, -0.05) is 12.1 Å². The lowest BCUT2D eigenvalue weighted by Crippen LogP contribution is -2.09. The maximum Gasteiger partial charge on any atom is 0.213 e. The Hall–Kier alpha value is -2.08. The number of nitrogens with zero attached hydrogens (tertiary/aromatic N) is 1. The molecule has 2 N–H and O–H groups in total. The zero-order chi connectivity index (χ0) is 14.8. The number of pyridine rings is 1. The summed E-state index contributed by atoms with van der Waals surface area (Å²) in [7, 11) is -2.00. The first kappa shape index (κ1) is 14.3. The minimum Gasteiger partial charge on any atom is -0.481 e. The van der Waals surface area contributed by atoms with Crippen molar-refractivity contribution < 1.29 is 13.2 Å². The van der Waals surface area contributed by atoms with Gasteiger partial charge in [-0.25, -0.2) is 13.4 Å². The van der Waals surface area contributed by atoms with E-state index in [1.165, 1.54) is 13.2 Å². The zero-order valence-corrected chi connectivity index (χ0v) is 12.1. The van der Waals surface area contributed by atoms with Crippen LogP contribution in [0.15, 0.2) is 41.3 Å². The molecule has 20 heavy (non-hydrogen) atoms. The van der Waals surface area contributed by atoms with Gasteiger partial charge in [-0.15, -0.1) is 0 Å². The van der Waals surface area contributed by atoms with E-state index < -0.39 is 9.84 Å². The van der Waals surface area contributed by atoms with E-state index in [2.05, 4.69) is 4.98 Å². The van der Waals surface area contributed by atoms with Crippen LogP contribution in [0.25, 0.3) is 0 Å². The second-order valence-electron chi connectivity index (χ2n) is 4.46. The largest absolute Gasteiger partial charge is 0.481 e. The average Bonchev–Trinajstić information content (AvgIpc) is 2.41. The summed E-state index contributed by atoms with van der Waals surface area (Å²) in [5.41, 5.74) is 7.19. The highest BCUT2D eigenvalue weighted by Gasteiger charge is 2.19. The Morgan fingerprint density at radius 3 is 2.70 bits per heavy atom. The smallest absolute Gasteiger partial charge is 0.213 e. The topological polar surface area (TPSA) is 82.3 Å². The maximum atomic E-state index is 12.4. The first-order valence-electron chi connectivity index (χ1n) is 6.01. The van der Waals surface area contributed by atoms with E-state index in [9.17, 15) is 8.42 Å². The molecule has 0 aliphatic heterocycles. The molecule has 0 aliphatic carbocycles. The molecule has 0 saturated carbocycles. The fraction of sp³-hybridized carbons (Fsp3) is 0.214. The molecule has 0 amide bonds. The molecule has 0 atom stereocenters. The Labute approximate surface area is 118 Å². The van der Waals surface area contributed by atoms with E-state index >= 15 is 0 Å². The highest BCUT2D eigenvalue weighted by molar-refractivity contribution is 7.90. The number of hydrogen-bond donors (Lipinski definition) is 1. The number of nitrogens with two attached hydrogens (primary N) is 1. The normalized spacial score (nSPS) is 11.3. The van der Waals surface area contributed by atoms with Crippen LogP contribution >= 0.6 is 0 Å². The summed E-state index contributed by atoms with van der Waals surface area (Å²) < 4.78 is 29.9. The van der Waals surface area contributed by atoms with Gasteiger partial charge in [0.2, 0.25) is 5.88 Å². The molecule has 1 aromatic heterocycles. The number of aromatic nitrogens is 1. The van der Waals surface area contributed by atoms with Crippen molar-refractivity contribution in [3.05, 3.63) is 47.7 Å². The monoisotopic (exact) mass is 292 g/mol. The van der Waals surface area contributed by atoms with Crippen molar-refractivity contribution in [2.24, 2.45) is 0 Å². The van der Waals surface area contributed by atoms with Crippen LogP contribution in [-0.2, 0) is 15.6 Å². The van der Waals surface area contributed by atoms with Crippen LogP contribution in [-0.4, -0.2) is 20.5 Å². The van der Waals surface area contributed by atoms with Crippen molar-refractivity contribution in [1.29, 1.82) is 0 Å². The van der Waals surface area contributed by atoms with Gasteiger partial charge in [0, 0.05) is 11.8 Å². The van der Waals surface area contributed by atoms with Gasteiger partial charge in [0.1, 0.15) is 0 Å². The molecule has 0 fully saturated rings. The summed E-state index contributed by atoms with van der Waals surface area (Å²) in [5.74, 6) is 0.205. The Morgan fingerprint density at radius 1 is 1.25 bits per heavy atom. The number of methoxy groups -OCH3 is 1. The van der Waals surface area contributed by atoms with Gasteiger partial charge in [-0.3, -0.25) is 0 Å². The number of hydrogen-bond acceptors (Lipinski definition) is 5. The zero-order valence-electron chi connectivity index (χ0n) is 11.3. The van der Waals surface area contributed by atoms with Gasteiger partial charge < -0.3 is 10.5 Å². The van der Waals surface area contributed by atoms with Crippen molar-refractivity contribution in [2.75, 3.05) is 12.8 Å². The second-order valence-corrected chi connectivity index (χ2v) is 6.41. The summed E-state index contributed by atoms with van der Waals surface area (Å²) in [6.45, 7) is 1.74. The second kappa shape index (κ2) is 5.50. The number of benzene rings is 1. The standard InChI is InChI=1S/C14H16N2O3S/c1-10-6-7-11(15)8-13(10)20(17,18)9-12-4-3-5-14(16-12)19-2/h3-8H,9,15H2,1-2H3. The number of sulfone groups is 1. The van der Waals surface area contributed by atoms with Crippen LogP contribution in [0.2, 0.25) is 0 Å². The minimum atomic E-state index is -3.49. The number of rotatable bonds is 4. The molecule has 5 nitrogen and oxygen atoms in total.